The normalized spacial score (nSPS) is 24.8. The average molecular weight is 339 g/mol. The number of benzene rings is 1. The van der Waals surface area contributed by atoms with E-state index in [1.165, 1.54) is 35.2 Å². The van der Waals surface area contributed by atoms with Crippen molar-refractivity contribution >= 4 is 21.6 Å². The van der Waals surface area contributed by atoms with Crippen LogP contribution in [0.25, 0.3) is 0 Å². The smallest absolute Gasteiger partial charge is 0.0415 e. The molecule has 20 heavy (non-hydrogen) atoms. The zero-order valence-electron chi connectivity index (χ0n) is 13.1. The van der Waals surface area contributed by atoms with Crippen LogP contribution in [0.15, 0.2) is 22.7 Å². The van der Waals surface area contributed by atoms with Crippen LogP contribution in [0.1, 0.15) is 45.7 Å². The molecular weight excluding hydrogens is 312 g/mol. The summed E-state index contributed by atoms with van der Waals surface area (Å²) >= 11 is 3.62. The fourth-order valence-corrected chi connectivity index (χ4v) is 3.81. The molecule has 3 unspecified atom stereocenters. The first kappa shape index (κ1) is 15.8. The molecular formula is C17H27BrN2. The highest BCUT2D eigenvalue weighted by molar-refractivity contribution is 9.10. The summed E-state index contributed by atoms with van der Waals surface area (Å²) in [6.07, 6.45) is 1.35. The molecule has 3 atom stereocenters. The van der Waals surface area contributed by atoms with Gasteiger partial charge in [0.05, 0.1) is 0 Å². The molecule has 1 aromatic rings. The molecule has 0 aliphatic carbocycles. The number of rotatable bonds is 4. The number of nitrogens with zero attached hydrogens (tertiary/aromatic N) is 1. The summed E-state index contributed by atoms with van der Waals surface area (Å²) in [5.41, 5.74) is 2.81. The number of halogens is 1. The third-order valence-corrected chi connectivity index (χ3v) is 4.67. The molecule has 1 saturated heterocycles. The van der Waals surface area contributed by atoms with Gasteiger partial charge in [0.15, 0.2) is 0 Å². The molecule has 0 radical (unpaired) electrons. The lowest BCUT2D eigenvalue weighted by atomic mass is 9.90. The molecule has 2 nitrogen and oxygen atoms in total. The van der Waals surface area contributed by atoms with Crippen LogP contribution in [0.3, 0.4) is 0 Å². The van der Waals surface area contributed by atoms with Crippen molar-refractivity contribution in [3.8, 4) is 0 Å². The van der Waals surface area contributed by atoms with Gasteiger partial charge in [0.25, 0.3) is 0 Å². The van der Waals surface area contributed by atoms with E-state index in [4.69, 9.17) is 0 Å². The van der Waals surface area contributed by atoms with Crippen molar-refractivity contribution in [1.29, 1.82) is 0 Å². The van der Waals surface area contributed by atoms with E-state index in [0.29, 0.717) is 6.04 Å². The highest BCUT2D eigenvalue weighted by Crippen LogP contribution is 2.33. The molecule has 1 heterocycles. The third kappa shape index (κ3) is 3.76. The van der Waals surface area contributed by atoms with E-state index >= 15 is 0 Å². The zero-order valence-corrected chi connectivity index (χ0v) is 14.7. The Morgan fingerprint density at radius 3 is 2.55 bits per heavy atom. The van der Waals surface area contributed by atoms with Crippen molar-refractivity contribution in [2.24, 2.45) is 11.8 Å². The first-order valence-electron chi connectivity index (χ1n) is 7.79. The monoisotopic (exact) mass is 338 g/mol. The molecule has 1 aromatic carbocycles. The molecule has 0 amide bonds. The second kappa shape index (κ2) is 6.95. The van der Waals surface area contributed by atoms with Crippen LogP contribution in [0.4, 0.5) is 5.69 Å². The highest BCUT2D eigenvalue weighted by atomic mass is 79.9. The summed E-state index contributed by atoms with van der Waals surface area (Å²) in [5, 5.41) is 3.54. The zero-order chi connectivity index (χ0) is 14.7. The average Bonchev–Trinajstić information content (AvgIpc) is 2.37. The maximum absolute atomic E-state index is 3.62. The third-order valence-electron chi connectivity index (χ3n) is 4.18. The van der Waals surface area contributed by atoms with Gasteiger partial charge in [-0.15, -0.1) is 0 Å². The first-order valence-corrected chi connectivity index (χ1v) is 8.58. The molecule has 2 rings (SSSR count). The Hall–Kier alpha value is -0.540. The quantitative estimate of drug-likeness (QED) is 0.862. The maximum Gasteiger partial charge on any atom is 0.0415 e. The van der Waals surface area contributed by atoms with Gasteiger partial charge in [-0.05, 0) is 55.5 Å². The Balaban J connectivity index is 2.30. The summed E-state index contributed by atoms with van der Waals surface area (Å²) in [5.74, 6) is 1.56. The fourth-order valence-electron chi connectivity index (χ4n) is 3.44. The van der Waals surface area contributed by atoms with Crippen LogP contribution < -0.4 is 10.2 Å². The van der Waals surface area contributed by atoms with Crippen LogP contribution in [-0.2, 0) is 0 Å². The molecule has 112 valence electrons. The SMILES string of the molecule is CCNC(C)c1cc(Br)ccc1N1CC(C)CC(C)C1. The Morgan fingerprint density at radius 1 is 1.30 bits per heavy atom. The Bertz CT molecular complexity index is 437. The summed E-state index contributed by atoms with van der Waals surface area (Å²) in [7, 11) is 0. The van der Waals surface area contributed by atoms with E-state index in [0.717, 1.165) is 18.4 Å². The number of nitrogens with one attached hydrogen (secondary N) is 1. The van der Waals surface area contributed by atoms with Gasteiger partial charge in [-0.25, -0.2) is 0 Å². The van der Waals surface area contributed by atoms with E-state index in [1.807, 2.05) is 0 Å². The van der Waals surface area contributed by atoms with Crippen molar-refractivity contribution in [3.05, 3.63) is 28.2 Å². The number of hydrogen-bond acceptors (Lipinski definition) is 2. The highest BCUT2D eigenvalue weighted by Gasteiger charge is 2.24. The van der Waals surface area contributed by atoms with E-state index in [-0.39, 0.29) is 0 Å². The van der Waals surface area contributed by atoms with Crippen molar-refractivity contribution < 1.29 is 0 Å². The maximum atomic E-state index is 3.62. The summed E-state index contributed by atoms with van der Waals surface area (Å²) in [6, 6.07) is 7.10. The fraction of sp³-hybridized carbons (Fsp3) is 0.647. The Labute approximate surface area is 132 Å². The molecule has 0 spiro atoms. The minimum Gasteiger partial charge on any atom is -0.371 e. The predicted molar refractivity (Wildman–Crippen MR) is 91.4 cm³/mol. The molecule has 1 aliphatic rings. The van der Waals surface area contributed by atoms with Crippen molar-refractivity contribution in [2.45, 2.75) is 40.2 Å². The Kier molecular flexibility index (Phi) is 5.50. The second-order valence-corrected chi connectivity index (χ2v) is 7.25. The van der Waals surface area contributed by atoms with Gasteiger partial charge < -0.3 is 10.2 Å². The van der Waals surface area contributed by atoms with E-state index in [9.17, 15) is 0 Å². The lowest BCUT2D eigenvalue weighted by Gasteiger charge is -2.38. The largest absolute Gasteiger partial charge is 0.371 e. The minimum absolute atomic E-state index is 0.389. The van der Waals surface area contributed by atoms with Crippen LogP contribution >= 0.6 is 15.9 Å². The number of hydrogen-bond donors (Lipinski definition) is 1. The standard InChI is InChI=1S/C17H27BrN2/c1-5-19-14(4)16-9-15(18)6-7-17(16)20-10-12(2)8-13(3)11-20/h6-7,9,12-14,19H,5,8,10-11H2,1-4H3. The van der Waals surface area contributed by atoms with E-state index in [2.05, 4.69) is 72.0 Å². The van der Waals surface area contributed by atoms with Gasteiger partial charge in [-0.1, -0.05) is 36.7 Å². The lowest BCUT2D eigenvalue weighted by molar-refractivity contribution is 0.356. The second-order valence-electron chi connectivity index (χ2n) is 6.33. The lowest BCUT2D eigenvalue weighted by Crippen LogP contribution is -2.39. The molecule has 1 fully saturated rings. The minimum atomic E-state index is 0.389. The van der Waals surface area contributed by atoms with Crippen LogP contribution in [-0.4, -0.2) is 19.6 Å². The van der Waals surface area contributed by atoms with Crippen LogP contribution in [0.5, 0.6) is 0 Å². The Morgan fingerprint density at radius 2 is 1.95 bits per heavy atom. The van der Waals surface area contributed by atoms with Gasteiger partial charge in [-0.3, -0.25) is 0 Å². The number of anilines is 1. The van der Waals surface area contributed by atoms with Gasteiger partial charge in [0.1, 0.15) is 0 Å². The van der Waals surface area contributed by atoms with E-state index < -0.39 is 0 Å². The van der Waals surface area contributed by atoms with Gasteiger partial charge in [0, 0.05) is 29.3 Å². The summed E-state index contributed by atoms with van der Waals surface area (Å²) in [4.78, 5) is 2.58. The van der Waals surface area contributed by atoms with Gasteiger partial charge >= 0.3 is 0 Å². The molecule has 1 aliphatic heterocycles. The van der Waals surface area contributed by atoms with Crippen LogP contribution in [0.2, 0.25) is 0 Å². The van der Waals surface area contributed by atoms with Crippen molar-refractivity contribution in [3.63, 3.8) is 0 Å². The summed E-state index contributed by atoms with van der Waals surface area (Å²) in [6.45, 7) is 12.5. The number of piperidine rings is 1. The molecule has 0 saturated carbocycles. The predicted octanol–water partition coefficient (Wildman–Crippen LogP) is 4.60. The topological polar surface area (TPSA) is 15.3 Å². The first-order chi connectivity index (χ1) is 9.51. The van der Waals surface area contributed by atoms with Crippen molar-refractivity contribution in [1.82, 2.24) is 5.32 Å². The molecule has 0 aromatic heterocycles. The van der Waals surface area contributed by atoms with Gasteiger partial charge in [-0.2, -0.15) is 0 Å². The van der Waals surface area contributed by atoms with Crippen molar-refractivity contribution in [2.75, 3.05) is 24.5 Å². The molecule has 1 N–H and O–H groups in total. The molecule has 3 heteroatoms. The van der Waals surface area contributed by atoms with Gasteiger partial charge in [0.2, 0.25) is 0 Å². The summed E-state index contributed by atoms with van der Waals surface area (Å²) < 4.78 is 1.17. The van der Waals surface area contributed by atoms with Crippen LogP contribution in [0, 0.1) is 11.8 Å². The molecule has 0 bridgehead atoms. The van der Waals surface area contributed by atoms with E-state index in [1.54, 1.807) is 0 Å².